The Bertz CT molecular complexity index is 107. The van der Waals surface area contributed by atoms with Crippen molar-refractivity contribution in [2.75, 3.05) is 20.2 Å². The molecule has 0 aromatic rings. The maximum absolute atomic E-state index is 8.79. The number of hydrogen-bond donors (Lipinski definition) is 1. The van der Waals surface area contributed by atoms with E-state index in [1.54, 1.807) is 5.06 Å². The van der Waals surface area contributed by atoms with Crippen molar-refractivity contribution in [1.29, 1.82) is 0 Å². The lowest BCUT2D eigenvalue weighted by Gasteiger charge is -2.19. The normalized spacial score (nSPS) is 37.7. The molecule has 0 aromatic heterocycles. The number of hydroxylamine groups is 2. The Hall–Kier alpha value is -0.120. The molecule has 0 aliphatic carbocycles. The van der Waals surface area contributed by atoms with E-state index in [0.717, 1.165) is 13.0 Å². The summed E-state index contributed by atoms with van der Waals surface area (Å²) in [5.74, 6) is 0. The Labute approximate surface area is 55.2 Å². The first-order valence-corrected chi connectivity index (χ1v) is 3.17. The maximum atomic E-state index is 8.79. The minimum absolute atomic E-state index is 0.108. The van der Waals surface area contributed by atoms with Gasteiger partial charge in [-0.3, -0.25) is 4.84 Å². The smallest absolute Gasteiger partial charge is 0.111 e. The molecule has 1 heterocycles. The van der Waals surface area contributed by atoms with Gasteiger partial charge in [-0.25, -0.2) is 0 Å². The zero-order chi connectivity index (χ0) is 6.91. The summed E-state index contributed by atoms with van der Waals surface area (Å²) in [4.78, 5) is 5.28. The molecule has 1 fully saturated rings. The molecule has 0 amide bonds. The zero-order valence-corrected chi connectivity index (χ0v) is 5.92. The minimum atomic E-state index is -0.311. The molecule has 1 aliphatic rings. The van der Waals surface area contributed by atoms with Gasteiger partial charge in [0, 0.05) is 13.6 Å². The van der Waals surface area contributed by atoms with Crippen molar-refractivity contribution in [1.82, 2.24) is 5.06 Å². The molecule has 1 rings (SSSR count). The largest absolute Gasteiger partial charge is 0.393 e. The lowest BCUT2D eigenvalue weighted by molar-refractivity contribution is -0.184. The van der Waals surface area contributed by atoms with Crippen LogP contribution in [0.1, 0.15) is 13.3 Å². The van der Waals surface area contributed by atoms with Gasteiger partial charge < -0.3 is 5.11 Å². The molecule has 0 aromatic carbocycles. The van der Waals surface area contributed by atoms with E-state index in [4.69, 9.17) is 9.94 Å². The van der Waals surface area contributed by atoms with Gasteiger partial charge in [0.05, 0.1) is 6.61 Å². The first kappa shape index (κ1) is 6.99. The average Bonchev–Trinajstić information content (AvgIpc) is 2.13. The number of nitrogens with zero attached hydrogens (tertiary/aromatic N) is 1. The van der Waals surface area contributed by atoms with Gasteiger partial charge in [-0.1, -0.05) is 0 Å². The number of aliphatic hydroxyl groups excluding tert-OH is 1. The molecule has 0 saturated carbocycles. The van der Waals surface area contributed by atoms with Crippen LogP contribution in [0.15, 0.2) is 0 Å². The molecule has 1 atom stereocenters. The summed E-state index contributed by atoms with van der Waals surface area (Å²) in [7, 11) is 1.88. The van der Waals surface area contributed by atoms with Gasteiger partial charge in [0.2, 0.25) is 0 Å². The summed E-state index contributed by atoms with van der Waals surface area (Å²) >= 11 is 0. The predicted molar refractivity (Wildman–Crippen MR) is 33.8 cm³/mol. The van der Waals surface area contributed by atoms with E-state index < -0.39 is 0 Å². The summed E-state index contributed by atoms with van der Waals surface area (Å²) in [6, 6.07) is 0. The van der Waals surface area contributed by atoms with Crippen molar-refractivity contribution in [3.8, 4) is 0 Å². The first-order valence-electron chi connectivity index (χ1n) is 3.17. The van der Waals surface area contributed by atoms with Crippen LogP contribution in [0.5, 0.6) is 0 Å². The molecule has 1 aliphatic heterocycles. The quantitative estimate of drug-likeness (QED) is 0.544. The first-order chi connectivity index (χ1) is 4.16. The van der Waals surface area contributed by atoms with Crippen molar-refractivity contribution in [3.63, 3.8) is 0 Å². The van der Waals surface area contributed by atoms with Crippen LogP contribution in [0.3, 0.4) is 0 Å². The van der Waals surface area contributed by atoms with Gasteiger partial charge in [-0.15, -0.1) is 0 Å². The molecular weight excluding hydrogens is 118 g/mol. The monoisotopic (exact) mass is 131 g/mol. The van der Waals surface area contributed by atoms with Crippen LogP contribution in [0.25, 0.3) is 0 Å². The second-order valence-electron chi connectivity index (χ2n) is 2.80. The number of hydrogen-bond acceptors (Lipinski definition) is 3. The fraction of sp³-hybridized carbons (Fsp3) is 1.00. The van der Waals surface area contributed by atoms with Crippen LogP contribution >= 0.6 is 0 Å². The second-order valence-corrected chi connectivity index (χ2v) is 2.80. The van der Waals surface area contributed by atoms with Crippen molar-refractivity contribution in [2.45, 2.75) is 18.9 Å². The lowest BCUT2D eigenvalue weighted by atomic mass is 10.1. The molecule has 0 radical (unpaired) electrons. The molecule has 0 spiro atoms. The summed E-state index contributed by atoms with van der Waals surface area (Å²) < 4.78 is 0. The molecular formula is C6H13NO2. The van der Waals surface area contributed by atoms with Crippen LogP contribution in [0.4, 0.5) is 0 Å². The summed E-state index contributed by atoms with van der Waals surface area (Å²) in [5.41, 5.74) is -0.311. The standard InChI is InChI=1S/C6H13NO2/c1-6(5-8)3-4-7(2)9-6/h8H,3-5H2,1-2H3. The van der Waals surface area contributed by atoms with Crippen molar-refractivity contribution >= 4 is 0 Å². The van der Waals surface area contributed by atoms with E-state index in [9.17, 15) is 0 Å². The van der Waals surface area contributed by atoms with E-state index >= 15 is 0 Å². The number of rotatable bonds is 1. The topological polar surface area (TPSA) is 32.7 Å². The lowest BCUT2D eigenvalue weighted by Crippen LogP contribution is -2.29. The van der Waals surface area contributed by atoms with Crippen LogP contribution in [-0.4, -0.2) is 36.0 Å². The molecule has 0 bridgehead atoms. The maximum Gasteiger partial charge on any atom is 0.111 e. The third-order valence-corrected chi connectivity index (χ3v) is 1.67. The highest BCUT2D eigenvalue weighted by Gasteiger charge is 2.32. The molecule has 1 unspecified atom stereocenters. The Morgan fingerprint density at radius 1 is 1.78 bits per heavy atom. The highest BCUT2D eigenvalue weighted by molar-refractivity contribution is 4.78. The highest BCUT2D eigenvalue weighted by atomic mass is 16.7. The van der Waals surface area contributed by atoms with E-state index in [1.807, 2.05) is 14.0 Å². The van der Waals surface area contributed by atoms with E-state index in [0.29, 0.717) is 0 Å². The molecule has 1 saturated heterocycles. The van der Waals surface area contributed by atoms with Crippen molar-refractivity contribution in [3.05, 3.63) is 0 Å². The van der Waals surface area contributed by atoms with Gasteiger partial charge in [-0.05, 0) is 13.3 Å². The van der Waals surface area contributed by atoms with Crippen LogP contribution in [0.2, 0.25) is 0 Å². The molecule has 3 heteroatoms. The van der Waals surface area contributed by atoms with Crippen molar-refractivity contribution in [2.24, 2.45) is 0 Å². The highest BCUT2D eigenvalue weighted by Crippen LogP contribution is 2.22. The third kappa shape index (κ3) is 1.41. The second kappa shape index (κ2) is 2.25. The zero-order valence-electron chi connectivity index (χ0n) is 5.92. The Kier molecular flexibility index (Phi) is 1.75. The number of aliphatic hydroxyl groups is 1. The fourth-order valence-corrected chi connectivity index (χ4v) is 0.969. The van der Waals surface area contributed by atoms with Gasteiger partial charge in [0.1, 0.15) is 5.60 Å². The van der Waals surface area contributed by atoms with E-state index in [-0.39, 0.29) is 12.2 Å². The molecule has 1 N–H and O–H groups in total. The Balaban J connectivity index is 2.45. The molecule has 3 nitrogen and oxygen atoms in total. The summed E-state index contributed by atoms with van der Waals surface area (Å²) in [6.45, 7) is 2.94. The van der Waals surface area contributed by atoms with Gasteiger partial charge in [0.25, 0.3) is 0 Å². The Morgan fingerprint density at radius 2 is 2.44 bits per heavy atom. The molecule has 54 valence electrons. The van der Waals surface area contributed by atoms with E-state index in [1.165, 1.54) is 0 Å². The Morgan fingerprint density at radius 3 is 2.67 bits per heavy atom. The fourth-order valence-electron chi connectivity index (χ4n) is 0.969. The van der Waals surface area contributed by atoms with Crippen LogP contribution in [-0.2, 0) is 4.84 Å². The summed E-state index contributed by atoms with van der Waals surface area (Å²) in [6.07, 6.45) is 0.917. The van der Waals surface area contributed by atoms with Gasteiger partial charge >= 0.3 is 0 Å². The third-order valence-electron chi connectivity index (χ3n) is 1.67. The SMILES string of the molecule is CN1CCC(C)(CO)O1. The minimum Gasteiger partial charge on any atom is -0.393 e. The average molecular weight is 131 g/mol. The van der Waals surface area contributed by atoms with Crippen LogP contribution < -0.4 is 0 Å². The van der Waals surface area contributed by atoms with E-state index in [2.05, 4.69) is 0 Å². The van der Waals surface area contributed by atoms with Gasteiger partial charge in [0.15, 0.2) is 0 Å². The van der Waals surface area contributed by atoms with Crippen LogP contribution in [0, 0.1) is 0 Å². The predicted octanol–water partition coefficient (Wildman–Crippen LogP) is 0.00450. The summed E-state index contributed by atoms with van der Waals surface area (Å²) in [5, 5.41) is 10.6. The van der Waals surface area contributed by atoms with Crippen molar-refractivity contribution < 1.29 is 9.94 Å². The van der Waals surface area contributed by atoms with Gasteiger partial charge in [-0.2, -0.15) is 5.06 Å². The molecule has 9 heavy (non-hydrogen) atoms.